The lowest BCUT2D eigenvalue weighted by atomic mass is 10.2. The monoisotopic (exact) mass is 223 g/mol. The molecule has 3 nitrogen and oxygen atoms in total. The van der Waals surface area contributed by atoms with Gasteiger partial charge in [0.05, 0.1) is 13.2 Å². The highest BCUT2D eigenvalue weighted by molar-refractivity contribution is 5.27. The van der Waals surface area contributed by atoms with Gasteiger partial charge in [-0.2, -0.15) is 0 Å². The Hall–Kier alpha value is -1.06. The van der Waals surface area contributed by atoms with Gasteiger partial charge in [0.2, 0.25) is 0 Å². The summed E-state index contributed by atoms with van der Waals surface area (Å²) in [5.41, 5.74) is 0.886. The normalized spacial score (nSPS) is 12.4. The highest BCUT2D eigenvalue weighted by atomic mass is 16.5. The average Bonchev–Trinajstić information content (AvgIpc) is 2.34. The van der Waals surface area contributed by atoms with E-state index in [4.69, 9.17) is 9.84 Å². The molecule has 3 heteroatoms. The van der Waals surface area contributed by atoms with Crippen molar-refractivity contribution in [2.75, 3.05) is 19.7 Å². The second-order valence-corrected chi connectivity index (χ2v) is 4.03. The van der Waals surface area contributed by atoms with Crippen LogP contribution in [0.5, 0.6) is 5.75 Å². The first-order valence-electron chi connectivity index (χ1n) is 5.79. The molecule has 1 atom stereocenters. The van der Waals surface area contributed by atoms with Crippen molar-refractivity contribution >= 4 is 0 Å². The lowest BCUT2D eigenvalue weighted by Crippen LogP contribution is -2.24. The Balaban J connectivity index is 2.35. The molecule has 90 valence electrons. The number of hydrogen-bond donors (Lipinski definition) is 2. The molecule has 0 aliphatic rings. The summed E-state index contributed by atoms with van der Waals surface area (Å²) in [5.74, 6) is 1.31. The molecule has 0 aliphatic carbocycles. The molecule has 1 unspecified atom stereocenters. The van der Waals surface area contributed by atoms with E-state index in [2.05, 4.69) is 19.2 Å². The molecular weight excluding hydrogens is 202 g/mol. The van der Waals surface area contributed by atoms with E-state index in [1.54, 1.807) is 0 Å². The quantitative estimate of drug-likeness (QED) is 0.740. The maximum Gasteiger partial charge on any atom is 0.119 e. The zero-order chi connectivity index (χ0) is 11.8. The summed E-state index contributed by atoms with van der Waals surface area (Å²) < 4.78 is 5.66. The molecule has 1 aromatic rings. The maximum absolute atomic E-state index is 8.99. The van der Waals surface area contributed by atoms with Crippen molar-refractivity contribution in [3.8, 4) is 5.75 Å². The smallest absolute Gasteiger partial charge is 0.119 e. The molecule has 0 aliphatic heterocycles. The molecule has 0 spiro atoms. The Bertz CT molecular complexity index is 302. The van der Waals surface area contributed by atoms with Crippen LogP contribution in [0.4, 0.5) is 0 Å². The van der Waals surface area contributed by atoms with Crippen molar-refractivity contribution in [2.45, 2.75) is 20.5 Å². The van der Waals surface area contributed by atoms with Crippen molar-refractivity contribution in [2.24, 2.45) is 5.92 Å². The van der Waals surface area contributed by atoms with E-state index < -0.39 is 0 Å². The second kappa shape index (κ2) is 7.25. The third-order valence-corrected chi connectivity index (χ3v) is 2.36. The number of rotatable bonds is 7. The molecule has 16 heavy (non-hydrogen) atoms. The molecule has 0 fully saturated rings. The molecule has 0 saturated heterocycles. The van der Waals surface area contributed by atoms with E-state index >= 15 is 0 Å². The number of ether oxygens (including phenoxy) is 1. The lowest BCUT2D eigenvalue weighted by Gasteiger charge is -2.13. The van der Waals surface area contributed by atoms with Gasteiger partial charge in [-0.15, -0.1) is 0 Å². The standard InChI is InChI=1S/C13H21NO2/c1-3-14-8-11(2)10-16-13-6-4-5-12(7-13)9-15/h4-7,11,14-15H,3,8-10H2,1-2H3. The Kier molecular flexibility index (Phi) is 5.90. The van der Waals surface area contributed by atoms with Gasteiger partial charge < -0.3 is 15.2 Å². The van der Waals surface area contributed by atoms with Gasteiger partial charge in [-0.3, -0.25) is 0 Å². The van der Waals surface area contributed by atoms with E-state index in [0.717, 1.165) is 24.4 Å². The zero-order valence-electron chi connectivity index (χ0n) is 10.1. The first kappa shape index (κ1) is 13.0. The number of aliphatic hydroxyl groups is 1. The molecular formula is C13H21NO2. The van der Waals surface area contributed by atoms with Crippen molar-refractivity contribution in [1.29, 1.82) is 0 Å². The van der Waals surface area contributed by atoms with Crippen molar-refractivity contribution in [1.82, 2.24) is 5.32 Å². The second-order valence-electron chi connectivity index (χ2n) is 4.03. The first-order chi connectivity index (χ1) is 7.76. The molecule has 0 saturated carbocycles. The van der Waals surface area contributed by atoms with Gasteiger partial charge in [-0.25, -0.2) is 0 Å². The van der Waals surface area contributed by atoms with E-state index in [-0.39, 0.29) is 6.61 Å². The molecule has 1 aromatic carbocycles. The molecule has 0 radical (unpaired) electrons. The topological polar surface area (TPSA) is 41.5 Å². The minimum absolute atomic E-state index is 0.0597. The summed E-state index contributed by atoms with van der Waals surface area (Å²) >= 11 is 0. The number of benzene rings is 1. The van der Waals surface area contributed by atoms with E-state index in [0.29, 0.717) is 12.5 Å². The summed E-state index contributed by atoms with van der Waals surface area (Å²) in [6, 6.07) is 7.57. The zero-order valence-corrected chi connectivity index (χ0v) is 10.1. The predicted octanol–water partition coefficient (Wildman–Crippen LogP) is 1.80. The minimum Gasteiger partial charge on any atom is -0.493 e. The van der Waals surface area contributed by atoms with E-state index in [9.17, 15) is 0 Å². The Labute approximate surface area is 97.4 Å². The predicted molar refractivity (Wildman–Crippen MR) is 65.6 cm³/mol. The summed E-state index contributed by atoms with van der Waals surface area (Å²) in [4.78, 5) is 0. The van der Waals surface area contributed by atoms with Crippen LogP contribution in [0.2, 0.25) is 0 Å². The van der Waals surface area contributed by atoms with Crippen molar-refractivity contribution < 1.29 is 9.84 Å². The number of aliphatic hydroxyl groups excluding tert-OH is 1. The van der Waals surface area contributed by atoms with Crippen molar-refractivity contribution in [3.63, 3.8) is 0 Å². The van der Waals surface area contributed by atoms with Gasteiger partial charge in [-0.1, -0.05) is 26.0 Å². The van der Waals surface area contributed by atoms with Crippen LogP contribution < -0.4 is 10.1 Å². The van der Waals surface area contributed by atoms with Crippen LogP contribution in [0.3, 0.4) is 0 Å². The lowest BCUT2D eigenvalue weighted by molar-refractivity contribution is 0.253. The van der Waals surface area contributed by atoms with Gasteiger partial charge in [-0.05, 0) is 24.2 Å². The van der Waals surface area contributed by atoms with Gasteiger partial charge in [0.25, 0.3) is 0 Å². The van der Waals surface area contributed by atoms with Crippen LogP contribution >= 0.6 is 0 Å². The molecule has 0 heterocycles. The molecule has 0 amide bonds. The maximum atomic E-state index is 8.99. The molecule has 0 aromatic heterocycles. The van der Waals surface area contributed by atoms with Crippen LogP contribution in [0.25, 0.3) is 0 Å². The highest BCUT2D eigenvalue weighted by Crippen LogP contribution is 2.14. The fraction of sp³-hybridized carbons (Fsp3) is 0.538. The third kappa shape index (κ3) is 4.64. The van der Waals surface area contributed by atoms with Crippen LogP contribution in [0.1, 0.15) is 19.4 Å². The largest absolute Gasteiger partial charge is 0.493 e. The Morgan fingerprint density at radius 2 is 2.25 bits per heavy atom. The Morgan fingerprint density at radius 1 is 1.44 bits per heavy atom. The van der Waals surface area contributed by atoms with Crippen LogP contribution in [-0.2, 0) is 6.61 Å². The highest BCUT2D eigenvalue weighted by Gasteiger charge is 2.02. The molecule has 1 rings (SSSR count). The summed E-state index contributed by atoms with van der Waals surface area (Å²) in [7, 11) is 0. The van der Waals surface area contributed by atoms with Gasteiger partial charge >= 0.3 is 0 Å². The van der Waals surface area contributed by atoms with Gasteiger partial charge in [0.1, 0.15) is 5.75 Å². The van der Waals surface area contributed by atoms with Gasteiger partial charge in [0, 0.05) is 12.5 Å². The summed E-state index contributed by atoms with van der Waals surface area (Å²) in [5, 5.41) is 12.3. The van der Waals surface area contributed by atoms with E-state index in [1.807, 2.05) is 24.3 Å². The average molecular weight is 223 g/mol. The third-order valence-electron chi connectivity index (χ3n) is 2.36. The Morgan fingerprint density at radius 3 is 2.94 bits per heavy atom. The minimum atomic E-state index is 0.0597. The summed E-state index contributed by atoms with van der Waals surface area (Å²) in [6.45, 7) is 6.96. The first-order valence-corrected chi connectivity index (χ1v) is 5.79. The number of hydrogen-bond acceptors (Lipinski definition) is 3. The fourth-order valence-corrected chi connectivity index (χ4v) is 1.42. The molecule has 2 N–H and O–H groups in total. The van der Waals surface area contributed by atoms with Crippen LogP contribution in [-0.4, -0.2) is 24.8 Å². The van der Waals surface area contributed by atoms with Gasteiger partial charge in [0.15, 0.2) is 0 Å². The van der Waals surface area contributed by atoms with Crippen LogP contribution in [0, 0.1) is 5.92 Å². The summed E-state index contributed by atoms with van der Waals surface area (Å²) in [6.07, 6.45) is 0. The number of nitrogens with one attached hydrogen (secondary N) is 1. The fourth-order valence-electron chi connectivity index (χ4n) is 1.42. The molecule has 0 bridgehead atoms. The van der Waals surface area contributed by atoms with Crippen LogP contribution in [0.15, 0.2) is 24.3 Å². The van der Waals surface area contributed by atoms with E-state index in [1.165, 1.54) is 0 Å². The van der Waals surface area contributed by atoms with Crippen molar-refractivity contribution in [3.05, 3.63) is 29.8 Å². The SMILES string of the molecule is CCNCC(C)COc1cccc(CO)c1.